The number of nitrogens with zero attached hydrogens (tertiary/aromatic N) is 2. The molecule has 1 fully saturated rings. The van der Waals surface area contributed by atoms with Crippen LogP contribution in [-0.2, 0) is 4.79 Å². The van der Waals surface area contributed by atoms with Crippen LogP contribution in [0.5, 0.6) is 0 Å². The summed E-state index contributed by atoms with van der Waals surface area (Å²) in [4.78, 5) is 35.8. The predicted octanol–water partition coefficient (Wildman–Crippen LogP) is -0.197. The molecule has 1 aromatic rings. The maximum absolute atomic E-state index is 12.6. The number of rotatable bonds is 3. The van der Waals surface area contributed by atoms with Crippen molar-refractivity contribution in [2.45, 2.75) is 13.0 Å². The van der Waals surface area contributed by atoms with Gasteiger partial charge in [-0.25, -0.2) is 0 Å². The van der Waals surface area contributed by atoms with Crippen molar-refractivity contribution >= 4 is 17.5 Å². The van der Waals surface area contributed by atoms with Crippen molar-refractivity contribution in [1.29, 1.82) is 0 Å². The van der Waals surface area contributed by atoms with E-state index in [2.05, 4.69) is 5.32 Å². The van der Waals surface area contributed by atoms with E-state index in [4.69, 9.17) is 5.73 Å². The van der Waals surface area contributed by atoms with Crippen molar-refractivity contribution in [3.05, 3.63) is 39.4 Å². The summed E-state index contributed by atoms with van der Waals surface area (Å²) in [7, 11) is 0. The molecule has 2 amide bonds. The Hall–Kier alpha value is -2.48. The number of piperazine rings is 1. The summed E-state index contributed by atoms with van der Waals surface area (Å²) < 4.78 is 0. The van der Waals surface area contributed by atoms with Crippen LogP contribution in [0.15, 0.2) is 18.2 Å². The van der Waals surface area contributed by atoms with Gasteiger partial charge in [0.05, 0.1) is 4.92 Å². The fraction of sp³-hybridized carbons (Fsp3) is 0.385. The molecule has 1 aliphatic rings. The van der Waals surface area contributed by atoms with Gasteiger partial charge < -0.3 is 16.0 Å². The van der Waals surface area contributed by atoms with Gasteiger partial charge in [-0.1, -0.05) is 6.07 Å². The van der Waals surface area contributed by atoms with Crippen LogP contribution in [0.25, 0.3) is 0 Å². The number of carbonyl (C=O) groups excluding carboxylic acids is 2. The number of carbonyl (C=O) groups is 2. The summed E-state index contributed by atoms with van der Waals surface area (Å²) in [5.41, 5.74) is 5.70. The Morgan fingerprint density at radius 3 is 2.81 bits per heavy atom. The van der Waals surface area contributed by atoms with Crippen LogP contribution in [0.4, 0.5) is 5.69 Å². The number of hydrogen-bond acceptors (Lipinski definition) is 5. The summed E-state index contributed by atoms with van der Waals surface area (Å²) in [6, 6.07) is 3.57. The van der Waals surface area contributed by atoms with Crippen molar-refractivity contribution < 1.29 is 14.5 Å². The Morgan fingerprint density at radius 1 is 1.48 bits per heavy atom. The number of nitro benzene ring substituents is 1. The van der Waals surface area contributed by atoms with E-state index in [1.807, 2.05) is 0 Å². The van der Waals surface area contributed by atoms with E-state index < -0.39 is 22.8 Å². The van der Waals surface area contributed by atoms with Gasteiger partial charge >= 0.3 is 0 Å². The van der Waals surface area contributed by atoms with Gasteiger partial charge in [-0.15, -0.1) is 0 Å². The van der Waals surface area contributed by atoms with E-state index in [1.165, 1.54) is 30.0 Å². The molecule has 8 heteroatoms. The lowest BCUT2D eigenvalue weighted by atomic mass is 10.0. The van der Waals surface area contributed by atoms with Crippen LogP contribution in [0.3, 0.4) is 0 Å². The molecule has 1 atom stereocenters. The first kappa shape index (κ1) is 14.9. The molecule has 2 rings (SSSR count). The monoisotopic (exact) mass is 292 g/mol. The second-order valence-corrected chi connectivity index (χ2v) is 4.83. The lowest BCUT2D eigenvalue weighted by Gasteiger charge is -2.34. The molecule has 112 valence electrons. The Balaban J connectivity index is 2.37. The molecule has 0 saturated carbocycles. The highest BCUT2D eigenvalue weighted by Crippen LogP contribution is 2.23. The molecule has 1 saturated heterocycles. The number of amides is 2. The van der Waals surface area contributed by atoms with Crippen LogP contribution in [0, 0.1) is 17.0 Å². The van der Waals surface area contributed by atoms with E-state index in [-0.39, 0.29) is 23.4 Å². The smallest absolute Gasteiger partial charge is 0.273 e. The largest absolute Gasteiger partial charge is 0.368 e. The van der Waals surface area contributed by atoms with Gasteiger partial charge in [0.1, 0.15) is 6.04 Å². The van der Waals surface area contributed by atoms with Crippen molar-refractivity contribution in [3.63, 3.8) is 0 Å². The number of nitrogens with one attached hydrogen (secondary N) is 1. The predicted molar refractivity (Wildman–Crippen MR) is 74.7 cm³/mol. The average molecular weight is 292 g/mol. The third-order valence-corrected chi connectivity index (χ3v) is 3.56. The molecule has 8 nitrogen and oxygen atoms in total. The second kappa shape index (κ2) is 5.88. The quantitative estimate of drug-likeness (QED) is 0.591. The first-order valence-corrected chi connectivity index (χ1v) is 6.48. The summed E-state index contributed by atoms with van der Waals surface area (Å²) >= 11 is 0. The lowest BCUT2D eigenvalue weighted by Crippen LogP contribution is -2.58. The zero-order valence-corrected chi connectivity index (χ0v) is 11.5. The SMILES string of the molecule is Cc1c(C(=O)N2CCNCC2C(N)=O)cccc1[N+](=O)[O-]. The molecule has 0 spiro atoms. The molecule has 0 aliphatic carbocycles. The standard InChI is InChI=1S/C13H16N4O4/c1-8-9(3-2-4-10(8)17(20)21)13(19)16-6-5-15-7-11(16)12(14)18/h2-4,11,15H,5-7H2,1H3,(H2,14,18). The second-order valence-electron chi connectivity index (χ2n) is 4.83. The minimum Gasteiger partial charge on any atom is -0.368 e. The van der Waals surface area contributed by atoms with Gasteiger partial charge in [0.2, 0.25) is 5.91 Å². The first-order valence-electron chi connectivity index (χ1n) is 6.48. The van der Waals surface area contributed by atoms with Gasteiger partial charge in [0, 0.05) is 36.8 Å². The zero-order valence-electron chi connectivity index (χ0n) is 11.5. The van der Waals surface area contributed by atoms with Crippen molar-refractivity contribution in [2.24, 2.45) is 5.73 Å². The molecule has 0 radical (unpaired) electrons. The van der Waals surface area contributed by atoms with Crippen LogP contribution in [0.2, 0.25) is 0 Å². The molecule has 3 N–H and O–H groups in total. The van der Waals surface area contributed by atoms with E-state index in [0.717, 1.165) is 0 Å². The van der Waals surface area contributed by atoms with E-state index in [0.29, 0.717) is 13.1 Å². The molecular formula is C13H16N4O4. The Bertz CT molecular complexity index is 602. The number of nitrogens with two attached hydrogens (primary N) is 1. The van der Waals surface area contributed by atoms with Crippen molar-refractivity contribution in [3.8, 4) is 0 Å². The molecule has 0 aromatic heterocycles. The Kier molecular flexibility index (Phi) is 4.18. The normalized spacial score (nSPS) is 18.3. The van der Waals surface area contributed by atoms with Gasteiger partial charge in [-0.3, -0.25) is 19.7 Å². The lowest BCUT2D eigenvalue weighted by molar-refractivity contribution is -0.385. The van der Waals surface area contributed by atoms with Crippen LogP contribution in [0.1, 0.15) is 15.9 Å². The molecule has 1 aliphatic heterocycles. The molecular weight excluding hydrogens is 276 g/mol. The van der Waals surface area contributed by atoms with Gasteiger partial charge in [0.15, 0.2) is 0 Å². The van der Waals surface area contributed by atoms with Crippen molar-refractivity contribution in [1.82, 2.24) is 10.2 Å². The fourth-order valence-electron chi connectivity index (χ4n) is 2.41. The van der Waals surface area contributed by atoms with Crippen LogP contribution in [-0.4, -0.2) is 47.3 Å². The number of benzene rings is 1. The molecule has 0 bridgehead atoms. The minimum atomic E-state index is -0.745. The third kappa shape index (κ3) is 2.84. The Labute approximate surface area is 121 Å². The molecule has 21 heavy (non-hydrogen) atoms. The maximum Gasteiger partial charge on any atom is 0.273 e. The highest BCUT2D eigenvalue weighted by atomic mass is 16.6. The topological polar surface area (TPSA) is 119 Å². The molecule has 1 heterocycles. The highest BCUT2D eigenvalue weighted by Gasteiger charge is 2.32. The number of hydrogen-bond donors (Lipinski definition) is 2. The summed E-state index contributed by atoms with van der Waals surface area (Å²) in [5.74, 6) is -1.01. The maximum atomic E-state index is 12.6. The van der Waals surface area contributed by atoms with Crippen molar-refractivity contribution in [2.75, 3.05) is 19.6 Å². The summed E-state index contributed by atoms with van der Waals surface area (Å²) in [6.45, 7) is 2.68. The van der Waals surface area contributed by atoms with E-state index in [1.54, 1.807) is 0 Å². The summed E-state index contributed by atoms with van der Waals surface area (Å²) in [6.07, 6.45) is 0. The fourth-order valence-corrected chi connectivity index (χ4v) is 2.41. The third-order valence-electron chi connectivity index (χ3n) is 3.56. The van der Waals surface area contributed by atoms with E-state index >= 15 is 0 Å². The van der Waals surface area contributed by atoms with Gasteiger partial charge in [0.25, 0.3) is 11.6 Å². The van der Waals surface area contributed by atoms with Gasteiger partial charge in [-0.05, 0) is 13.0 Å². The van der Waals surface area contributed by atoms with E-state index in [9.17, 15) is 19.7 Å². The molecule has 1 aromatic carbocycles. The van der Waals surface area contributed by atoms with Crippen LogP contribution >= 0.6 is 0 Å². The number of primary amides is 1. The highest BCUT2D eigenvalue weighted by molar-refractivity contribution is 5.99. The first-order chi connectivity index (χ1) is 9.93. The Morgan fingerprint density at radius 2 is 2.19 bits per heavy atom. The minimum absolute atomic E-state index is 0.119. The average Bonchev–Trinajstić information content (AvgIpc) is 2.46. The summed E-state index contributed by atoms with van der Waals surface area (Å²) in [5, 5.41) is 13.9. The molecule has 1 unspecified atom stereocenters. The van der Waals surface area contributed by atoms with Crippen LogP contribution < -0.4 is 11.1 Å². The zero-order chi connectivity index (χ0) is 15.6. The number of nitro groups is 1. The van der Waals surface area contributed by atoms with Gasteiger partial charge in [-0.2, -0.15) is 0 Å².